The Morgan fingerprint density at radius 1 is 1.30 bits per heavy atom. The van der Waals surface area contributed by atoms with Gasteiger partial charge in [0.2, 0.25) is 0 Å². The van der Waals surface area contributed by atoms with Crippen LogP contribution in [0, 0.1) is 5.92 Å². The first kappa shape index (κ1) is 13.7. The molecule has 3 heteroatoms. The van der Waals surface area contributed by atoms with Crippen molar-refractivity contribution in [3.05, 3.63) is 24.3 Å². The number of β-amino-alcohol motifs (C(OH)–C–C–N with tert-alkyl or cyclic N) is 1. The number of fused-ring (bicyclic) bond motifs is 1. The Morgan fingerprint density at radius 2 is 2.05 bits per heavy atom. The predicted octanol–water partition coefficient (Wildman–Crippen LogP) is 3.25. The average Bonchev–Trinajstić information content (AvgIpc) is 2.95. The summed E-state index contributed by atoms with van der Waals surface area (Å²) in [6.07, 6.45) is 6.09. The Morgan fingerprint density at radius 3 is 2.85 bits per heavy atom. The van der Waals surface area contributed by atoms with E-state index < -0.39 is 0 Å². The molecular weight excluding hydrogens is 248 g/mol. The molecule has 1 aliphatic carbocycles. The lowest BCUT2D eigenvalue weighted by atomic mass is 9.99. The van der Waals surface area contributed by atoms with Crippen LogP contribution in [0.1, 0.15) is 39.0 Å². The summed E-state index contributed by atoms with van der Waals surface area (Å²) in [7, 11) is 0. The third-order valence-corrected chi connectivity index (χ3v) is 4.82. The molecule has 0 aromatic heterocycles. The van der Waals surface area contributed by atoms with E-state index in [0.717, 1.165) is 25.4 Å². The van der Waals surface area contributed by atoms with Crippen molar-refractivity contribution in [1.29, 1.82) is 0 Å². The van der Waals surface area contributed by atoms with E-state index in [-0.39, 0.29) is 6.10 Å². The van der Waals surface area contributed by atoms with Crippen LogP contribution in [-0.2, 0) is 0 Å². The first-order valence-corrected chi connectivity index (χ1v) is 8.01. The molecule has 0 bridgehead atoms. The SMILES string of the molecule is CC1CNc2ccccc2N1CC(O)CC1CCCC1. The fraction of sp³-hybridized carbons (Fsp3) is 0.647. The van der Waals surface area contributed by atoms with E-state index in [4.69, 9.17) is 0 Å². The Kier molecular flexibility index (Phi) is 4.16. The normalized spacial score (nSPS) is 24.3. The van der Waals surface area contributed by atoms with E-state index in [2.05, 4.69) is 41.4 Å². The molecule has 2 N–H and O–H groups in total. The number of para-hydroxylation sites is 2. The van der Waals surface area contributed by atoms with E-state index >= 15 is 0 Å². The van der Waals surface area contributed by atoms with Crippen molar-refractivity contribution < 1.29 is 5.11 Å². The molecule has 0 spiro atoms. The lowest BCUT2D eigenvalue weighted by Crippen LogP contribution is -2.46. The smallest absolute Gasteiger partial charge is 0.0717 e. The Labute approximate surface area is 122 Å². The van der Waals surface area contributed by atoms with Crippen molar-refractivity contribution in [3.8, 4) is 0 Å². The number of hydrogen-bond donors (Lipinski definition) is 2. The highest BCUT2D eigenvalue weighted by molar-refractivity contribution is 5.72. The fourth-order valence-electron chi connectivity index (χ4n) is 3.69. The highest BCUT2D eigenvalue weighted by atomic mass is 16.3. The van der Waals surface area contributed by atoms with Gasteiger partial charge in [-0.2, -0.15) is 0 Å². The lowest BCUT2D eigenvalue weighted by Gasteiger charge is -2.39. The van der Waals surface area contributed by atoms with Gasteiger partial charge in [0.05, 0.1) is 17.5 Å². The van der Waals surface area contributed by atoms with Crippen LogP contribution >= 0.6 is 0 Å². The molecule has 3 rings (SSSR count). The topological polar surface area (TPSA) is 35.5 Å². The van der Waals surface area contributed by atoms with Gasteiger partial charge in [-0.25, -0.2) is 0 Å². The molecule has 1 saturated carbocycles. The van der Waals surface area contributed by atoms with Gasteiger partial charge in [-0.05, 0) is 31.4 Å². The molecule has 1 aromatic carbocycles. The van der Waals surface area contributed by atoms with Crippen molar-refractivity contribution >= 4 is 11.4 Å². The minimum atomic E-state index is -0.202. The maximum atomic E-state index is 10.4. The van der Waals surface area contributed by atoms with E-state index in [0.29, 0.717) is 6.04 Å². The predicted molar refractivity (Wildman–Crippen MR) is 84.3 cm³/mol. The molecule has 1 heterocycles. The van der Waals surface area contributed by atoms with Crippen LogP contribution in [0.25, 0.3) is 0 Å². The van der Waals surface area contributed by atoms with Crippen molar-refractivity contribution in [1.82, 2.24) is 0 Å². The Balaban J connectivity index is 1.66. The average molecular weight is 274 g/mol. The number of rotatable bonds is 4. The number of hydrogen-bond acceptors (Lipinski definition) is 3. The molecular formula is C17H26N2O. The minimum absolute atomic E-state index is 0.202. The van der Waals surface area contributed by atoms with Crippen LogP contribution in [0.5, 0.6) is 0 Å². The quantitative estimate of drug-likeness (QED) is 0.884. The van der Waals surface area contributed by atoms with Gasteiger partial charge in [0.25, 0.3) is 0 Å². The van der Waals surface area contributed by atoms with Crippen molar-refractivity contribution in [3.63, 3.8) is 0 Å². The monoisotopic (exact) mass is 274 g/mol. The maximum absolute atomic E-state index is 10.4. The molecule has 0 saturated heterocycles. The first-order valence-electron chi connectivity index (χ1n) is 8.01. The van der Waals surface area contributed by atoms with Gasteiger partial charge in [0, 0.05) is 19.1 Å². The Hall–Kier alpha value is -1.22. The summed E-state index contributed by atoms with van der Waals surface area (Å²) in [6, 6.07) is 8.85. The summed E-state index contributed by atoms with van der Waals surface area (Å²) >= 11 is 0. The molecule has 0 radical (unpaired) electrons. The van der Waals surface area contributed by atoms with Gasteiger partial charge in [0.1, 0.15) is 0 Å². The van der Waals surface area contributed by atoms with Crippen molar-refractivity contribution in [2.45, 2.75) is 51.2 Å². The van der Waals surface area contributed by atoms with Gasteiger partial charge in [0.15, 0.2) is 0 Å². The zero-order valence-corrected chi connectivity index (χ0v) is 12.4. The summed E-state index contributed by atoms with van der Waals surface area (Å²) in [5, 5.41) is 13.9. The molecule has 0 amide bonds. The molecule has 3 nitrogen and oxygen atoms in total. The summed E-state index contributed by atoms with van der Waals surface area (Å²) in [4.78, 5) is 2.37. The number of aliphatic hydroxyl groups excluding tert-OH is 1. The maximum Gasteiger partial charge on any atom is 0.0717 e. The summed E-state index contributed by atoms with van der Waals surface area (Å²) in [6.45, 7) is 3.94. The summed E-state index contributed by atoms with van der Waals surface area (Å²) in [5.74, 6) is 0.749. The Bertz CT molecular complexity index is 442. The molecule has 2 aliphatic rings. The molecule has 20 heavy (non-hydrogen) atoms. The van der Waals surface area contributed by atoms with E-state index in [1.54, 1.807) is 0 Å². The van der Waals surface area contributed by atoms with Gasteiger partial charge < -0.3 is 15.3 Å². The van der Waals surface area contributed by atoms with Gasteiger partial charge >= 0.3 is 0 Å². The molecule has 1 fully saturated rings. The van der Waals surface area contributed by atoms with Crippen LogP contribution in [0.15, 0.2) is 24.3 Å². The van der Waals surface area contributed by atoms with Gasteiger partial charge in [-0.1, -0.05) is 37.8 Å². The van der Waals surface area contributed by atoms with E-state index in [1.807, 2.05) is 0 Å². The van der Waals surface area contributed by atoms with Crippen LogP contribution in [0.3, 0.4) is 0 Å². The standard InChI is InChI=1S/C17H26N2O/c1-13-11-18-16-8-4-5-9-17(16)19(13)12-15(20)10-14-6-2-3-7-14/h4-5,8-9,13-15,18,20H,2-3,6-7,10-12H2,1H3. The summed E-state index contributed by atoms with van der Waals surface area (Å²) < 4.78 is 0. The zero-order chi connectivity index (χ0) is 13.9. The summed E-state index contributed by atoms with van der Waals surface area (Å²) in [5.41, 5.74) is 2.43. The number of nitrogens with one attached hydrogen (secondary N) is 1. The van der Waals surface area contributed by atoms with Crippen LogP contribution in [0.4, 0.5) is 11.4 Å². The molecule has 1 aliphatic heterocycles. The molecule has 1 aromatic rings. The second-order valence-electron chi connectivity index (χ2n) is 6.44. The highest BCUT2D eigenvalue weighted by Gasteiger charge is 2.26. The molecule has 2 unspecified atom stereocenters. The van der Waals surface area contributed by atoms with Gasteiger partial charge in [-0.3, -0.25) is 0 Å². The third kappa shape index (κ3) is 2.93. The fourth-order valence-corrected chi connectivity index (χ4v) is 3.69. The second kappa shape index (κ2) is 6.04. The molecule has 110 valence electrons. The van der Waals surface area contributed by atoms with Crippen LogP contribution in [-0.4, -0.2) is 30.3 Å². The van der Waals surface area contributed by atoms with Crippen LogP contribution < -0.4 is 10.2 Å². The van der Waals surface area contributed by atoms with Crippen molar-refractivity contribution in [2.24, 2.45) is 5.92 Å². The minimum Gasteiger partial charge on any atom is -0.391 e. The number of nitrogens with zero attached hydrogens (tertiary/aromatic N) is 1. The van der Waals surface area contributed by atoms with Crippen molar-refractivity contribution in [2.75, 3.05) is 23.3 Å². The molecule has 2 atom stereocenters. The number of anilines is 2. The van der Waals surface area contributed by atoms with Gasteiger partial charge in [-0.15, -0.1) is 0 Å². The number of benzene rings is 1. The van der Waals surface area contributed by atoms with E-state index in [1.165, 1.54) is 37.1 Å². The number of aliphatic hydroxyl groups is 1. The first-order chi connectivity index (χ1) is 9.74. The largest absolute Gasteiger partial charge is 0.391 e. The third-order valence-electron chi connectivity index (χ3n) is 4.82. The zero-order valence-electron chi connectivity index (χ0n) is 12.4. The second-order valence-corrected chi connectivity index (χ2v) is 6.44. The van der Waals surface area contributed by atoms with Crippen LogP contribution in [0.2, 0.25) is 0 Å². The lowest BCUT2D eigenvalue weighted by molar-refractivity contribution is 0.146. The van der Waals surface area contributed by atoms with E-state index in [9.17, 15) is 5.11 Å². The highest BCUT2D eigenvalue weighted by Crippen LogP contribution is 2.33.